The van der Waals surface area contributed by atoms with Crippen LogP contribution in [0.1, 0.15) is 51.0 Å². The van der Waals surface area contributed by atoms with Gasteiger partial charge in [0.05, 0.1) is 31.3 Å². The van der Waals surface area contributed by atoms with Crippen molar-refractivity contribution in [2.45, 2.75) is 52.1 Å². The smallest absolute Gasteiger partial charge is 0.253 e. The first-order chi connectivity index (χ1) is 24.7. The molecule has 2 N–H and O–H groups in total. The van der Waals surface area contributed by atoms with Crippen LogP contribution in [0.15, 0.2) is 87.2 Å². The number of amides is 2. The Morgan fingerprint density at radius 2 is 1.96 bits per heavy atom. The SMILES string of the molecule is C=N/C=C\n1c(C2=CC=C(OCC#N)CC(F)=C2F)cnc1CNC1=CCC(C)=C(C(=O)N2CCN(C(=O)CC(CNCCC)N=O)CC2)C=C1. The summed E-state index contributed by atoms with van der Waals surface area (Å²) >= 11 is 0. The molecule has 2 aliphatic carbocycles. The topological polar surface area (TPSA) is 157 Å². The number of hydrogen-bond acceptors (Lipinski definition) is 10. The molecule has 0 aromatic carbocycles. The predicted octanol–water partition coefficient (Wildman–Crippen LogP) is 4.82. The summed E-state index contributed by atoms with van der Waals surface area (Å²) in [5.41, 5.74) is 2.38. The predicted molar refractivity (Wildman–Crippen MR) is 190 cm³/mol. The summed E-state index contributed by atoms with van der Waals surface area (Å²) < 4.78 is 36.8. The summed E-state index contributed by atoms with van der Waals surface area (Å²) in [5.74, 6) is -1.79. The van der Waals surface area contributed by atoms with Crippen molar-refractivity contribution < 1.29 is 23.1 Å². The second-order valence-corrected chi connectivity index (χ2v) is 12.1. The molecular weight excluding hydrogens is 660 g/mol. The number of rotatable bonds is 16. The van der Waals surface area contributed by atoms with E-state index in [1.165, 1.54) is 30.7 Å². The van der Waals surface area contributed by atoms with Crippen LogP contribution in [0.5, 0.6) is 0 Å². The number of nitroso groups, excluding NO2 is 1. The molecule has 1 atom stereocenters. The lowest BCUT2D eigenvalue weighted by molar-refractivity contribution is -0.137. The molecule has 0 bridgehead atoms. The van der Waals surface area contributed by atoms with Gasteiger partial charge in [0.2, 0.25) is 5.91 Å². The molecule has 1 fully saturated rings. The van der Waals surface area contributed by atoms with E-state index >= 15 is 4.39 Å². The van der Waals surface area contributed by atoms with Gasteiger partial charge in [-0.2, -0.15) is 10.2 Å². The standard InChI is InChI=1S/C36H43F2N9O4/c1-4-12-41-22-27(44-50)20-34(48)45-15-17-46(18-16-45)36(49)29-9-7-26(6-5-25(29)2)42-24-33-43-23-32(47(33)14-13-40-3)30-10-8-28(51-19-11-39)21-31(37)35(30)38/h6-10,13-14,23,27,41-42H,3-5,12,15-22,24H2,1-2H3/b14-13-. The van der Waals surface area contributed by atoms with E-state index in [4.69, 9.17) is 10.00 Å². The Morgan fingerprint density at radius 3 is 2.67 bits per heavy atom. The molecule has 1 saturated heterocycles. The van der Waals surface area contributed by atoms with Crippen molar-refractivity contribution in [2.75, 3.05) is 45.9 Å². The van der Waals surface area contributed by atoms with Crippen LogP contribution in [0.2, 0.25) is 0 Å². The van der Waals surface area contributed by atoms with Gasteiger partial charge in [-0.05, 0) is 57.3 Å². The van der Waals surface area contributed by atoms with Crippen molar-refractivity contribution >= 4 is 30.3 Å². The number of ether oxygens (including phenoxy) is 1. The molecule has 0 spiro atoms. The molecule has 1 aliphatic heterocycles. The largest absolute Gasteiger partial charge is 0.483 e. The first-order valence-corrected chi connectivity index (χ1v) is 16.8. The third-order valence-corrected chi connectivity index (χ3v) is 8.52. The minimum absolute atomic E-state index is 0.0355. The third kappa shape index (κ3) is 10.3. The van der Waals surface area contributed by atoms with Crippen molar-refractivity contribution in [2.24, 2.45) is 10.2 Å². The van der Waals surface area contributed by atoms with Crippen molar-refractivity contribution in [3.05, 3.63) is 93.5 Å². The van der Waals surface area contributed by atoms with Crippen LogP contribution >= 0.6 is 0 Å². The van der Waals surface area contributed by atoms with Crippen LogP contribution in [-0.2, 0) is 20.9 Å². The van der Waals surface area contributed by atoms with Gasteiger partial charge in [-0.15, -0.1) is 0 Å². The van der Waals surface area contributed by atoms with E-state index in [0.29, 0.717) is 50.5 Å². The Kier molecular flexibility index (Phi) is 14.3. The zero-order valence-corrected chi connectivity index (χ0v) is 28.9. The van der Waals surface area contributed by atoms with Gasteiger partial charge in [-0.1, -0.05) is 23.7 Å². The van der Waals surface area contributed by atoms with Crippen LogP contribution < -0.4 is 10.6 Å². The fourth-order valence-corrected chi connectivity index (χ4v) is 5.69. The minimum atomic E-state index is -1.07. The van der Waals surface area contributed by atoms with Crippen LogP contribution in [-0.4, -0.2) is 89.8 Å². The van der Waals surface area contributed by atoms with Gasteiger partial charge < -0.3 is 25.2 Å². The minimum Gasteiger partial charge on any atom is -0.483 e. The van der Waals surface area contributed by atoms with E-state index in [2.05, 4.69) is 32.5 Å². The third-order valence-electron chi connectivity index (χ3n) is 8.52. The van der Waals surface area contributed by atoms with Crippen LogP contribution in [0.4, 0.5) is 8.78 Å². The Balaban J connectivity index is 1.39. The van der Waals surface area contributed by atoms with E-state index in [9.17, 15) is 18.9 Å². The Labute approximate surface area is 296 Å². The van der Waals surface area contributed by atoms with Crippen molar-refractivity contribution in [3.63, 3.8) is 0 Å². The molecule has 4 rings (SSSR count). The fraction of sp³-hybridized carbons (Fsp3) is 0.417. The molecule has 0 radical (unpaired) electrons. The number of nitrogens with one attached hydrogen (secondary N) is 2. The number of carbonyl (C=O) groups is 2. The molecular formula is C36H43F2N9O4. The summed E-state index contributed by atoms with van der Waals surface area (Å²) in [4.78, 5) is 49.2. The first kappa shape index (κ1) is 38.3. The lowest BCUT2D eigenvalue weighted by Gasteiger charge is -2.35. The number of aromatic nitrogens is 2. The molecule has 2 amide bonds. The molecule has 1 aromatic heterocycles. The van der Waals surface area contributed by atoms with Gasteiger partial charge in [-0.3, -0.25) is 19.1 Å². The highest BCUT2D eigenvalue weighted by molar-refractivity contribution is 5.97. The number of hydrogen-bond donors (Lipinski definition) is 2. The monoisotopic (exact) mass is 703 g/mol. The van der Waals surface area contributed by atoms with Gasteiger partial charge in [0, 0.05) is 62.0 Å². The van der Waals surface area contributed by atoms with E-state index in [0.717, 1.165) is 24.2 Å². The van der Waals surface area contributed by atoms with Gasteiger partial charge in [0.25, 0.3) is 5.91 Å². The van der Waals surface area contributed by atoms with Gasteiger partial charge >= 0.3 is 0 Å². The molecule has 1 aromatic rings. The summed E-state index contributed by atoms with van der Waals surface area (Å²) in [6.07, 6.45) is 13.7. The van der Waals surface area contributed by atoms with Crippen molar-refractivity contribution in [1.29, 1.82) is 5.26 Å². The highest BCUT2D eigenvalue weighted by Crippen LogP contribution is 2.34. The van der Waals surface area contributed by atoms with Crippen molar-refractivity contribution in [3.8, 4) is 6.07 Å². The molecule has 0 saturated carbocycles. The number of aliphatic imine (C=N–C) groups is 1. The molecule has 1 unspecified atom stereocenters. The number of imidazole rings is 1. The van der Waals surface area contributed by atoms with Crippen molar-refractivity contribution in [1.82, 2.24) is 30.0 Å². The number of halogens is 2. The number of carbonyl (C=O) groups excluding carboxylic acids is 2. The summed E-state index contributed by atoms with van der Waals surface area (Å²) in [7, 11) is 0. The molecule has 3 aliphatic rings. The second-order valence-electron chi connectivity index (χ2n) is 12.1. The molecule has 51 heavy (non-hydrogen) atoms. The summed E-state index contributed by atoms with van der Waals surface area (Å²) in [6.45, 7) is 9.88. The fourth-order valence-electron chi connectivity index (χ4n) is 5.69. The zero-order chi connectivity index (χ0) is 36.8. The van der Waals surface area contributed by atoms with E-state index in [1.54, 1.807) is 26.5 Å². The molecule has 13 nitrogen and oxygen atoms in total. The average molecular weight is 704 g/mol. The maximum absolute atomic E-state index is 15.2. The van der Waals surface area contributed by atoms with Crippen LogP contribution in [0.25, 0.3) is 11.8 Å². The Morgan fingerprint density at radius 1 is 1.20 bits per heavy atom. The van der Waals surface area contributed by atoms with E-state index < -0.39 is 24.1 Å². The quantitative estimate of drug-likeness (QED) is 0.141. The zero-order valence-electron chi connectivity index (χ0n) is 28.9. The maximum atomic E-state index is 15.2. The second kappa shape index (κ2) is 19.0. The van der Waals surface area contributed by atoms with Crippen LogP contribution in [0, 0.1) is 16.2 Å². The van der Waals surface area contributed by atoms with Gasteiger partial charge in [0.1, 0.15) is 29.5 Å². The Hall–Kier alpha value is -5.49. The van der Waals surface area contributed by atoms with Crippen LogP contribution in [0.3, 0.4) is 0 Å². The lowest BCUT2D eigenvalue weighted by Crippen LogP contribution is -2.51. The molecule has 15 heteroatoms. The number of allylic oxidation sites excluding steroid dienone is 8. The molecule has 270 valence electrons. The Bertz CT molecular complexity index is 1740. The maximum Gasteiger partial charge on any atom is 0.253 e. The first-order valence-electron chi connectivity index (χ1n) is 16.8. The summed E-state index contributed by atoms with van der Waals surface area (Å²) in [5, 5.41) is 18.3. The summed E-state index contributed by atoms with van der Waals surface area (Å²) in [6, 6.07) is 1.18. The highest BCUT2D eigenvalue weighted by Gasteiger charge is 2.28. The van der Waals surface area contributed by atoms with E-state index in [1.807, 2.05) is 26.0 Å². The highest BCUT2D eigenvalue weighted by atomic mass is 19.2. The molecule has 2 heterocycles. The lowest BCUT2D eigenvalue weighted by atomic mass is 10.1. The number of nitrogens with zero attached hydrogens (tertiary/aromatic N) is 7. The van der Waals surface area contributed by atoms with E-state index in [-0.39, 0.29) is 48.4 Å². The average Bonchev–Trinajstić information content (AvgIpc) is 3.36. The number of nitriles is 1. The normalized spacial score (nSPS) is 17.3. The van der Waals surface area contributed by atoms with Gasteiger partial charge in [0.15, 0.2) is 12.4 Å². The number of piperazine rings is 1. The van der Waals surface area contributed by atoms with Gasteiger partial charge in [-0.25, -0.2) is 13.8 Å².